The van der Waals surface area contributed by atoms with Crippen LogP contribution in [-0.2, 0) is 9.59 Å². The van der Waals surface area contributed by atoms with Gasteiger partial charge in [-0.2, -0.15) is 0 Å². The Balaban J connectivity index is 1.43. The van der Waals surface area contributed by atoms with E-state index in [9.17, 15) is 14.0 Å². The quantitative estimate of drug-likeness (QED) is 0.793. The molecule has 2 saturated heterocycles. The number of hydrogen-bond donors (Lipinski definition) is 0. The van der Waals surface area contributed by atoms with Gasteiger partial charge >= 0.3 is 0 Å². The topological polar surface area (TPSA) is 49.9 Å². The number of carbonyl (C=O) groups excluding carboxylic acids is 2. The van der Waals surface area contributed by atoms with Crippen LogP contribution in [0.15, 0.2) is 24.3 Å². The van der Waals surface area contributed by atoms with Crippen molar-refractivity contribution in [2.75, 3.05) is 32.8 Å². The Morgan fingerprint density at radius 2 is 2.00 bits per heavy atom. The van der Waals surface area contributed by atoms with Crippen molar-refractivity contribution >= 4 is 11.8 Å². The number of benzene rings is 1. The molecular weight excluding hydrogens is 323 g/mol. The number of carbonyl (C=O) groups is 2. The minimum atomic E-state index is -0.279. The Hall–Kier alpha value is -2.11. The smallest absolute Gasteiger partial charge is 0.224 e. The molecule has 0 radical (unpaired) electrons. The van der Waals surface area contributed by atoms with Crippen molar-refractivity contribution < 1.29 is 18.7 Å². The fourth-order valence-electron chi connectivity index (χ4n) is 3.50. The molecule has 25 heavy (non-hydrogen) atoms. The lowest BCUT2D eigenvalue weighted by Gasteiger charge is -2.33. The van der Waals surface area contributed by atoms with Crippen LogP contribution in [0.4, 0.5) is 4.39 Å². The summed E-state index contributed by atoms with van der Waals surface area (Å²) in [5.74, 6) is 0.940. The van der Waals surface area contributed by atoms with Gasteiger partial charge < -0.3 is 14.5 Å². The van der Waals surface area contributed by atoms with Crippen LogP contribution in [0.2, 0.25) is 0 Å². The molecule has 2 amide bonds. The molecular formula is C19H25FN2O3. The molecule has 0 bridgehead atoms. The Morgan fingerprint density at radius 3 is 2.72 bits per heavy atom. The molecule has 0 saturated carbocycles. The van der Waals surface area contributed by atoms with Crippen LogP contribution in [0.25, 0.3) is 0 Å². The van der Waals surface area contributed by atoms with E-state index in [4.69, 9.17) is 4.74 Å². The molecule has 6 heteroatoms. The Morgan fingerprint density at radius 1 is 1.20 bits per heavy atom. The monoisotopic (exact) mass is 348 g/mol. The lowest BCUT2D eigenvalue weighted by atomic mass is 9.98. The van der Waals surface area contributed by atoms with Crippen molar-refractivity contribution in [3.63, 3.8) is 0 Å². The third-order valence-corrected chi connectivity index (χ3v) is 4.94. The van der Waals surface area contributed by atoms with E-state index < -0.39 is 0 Å². The van der Waals surface area contributed by atoms with Gasteiger partial charge in [-0.1, -0.05) is 0 Å². The van der Waals surface area contributed by atoms with E-state index in [1.165, 1.54) is 12.1 Å². The molecule has 136 valence electrons. The maximum atomic E-state index is 12.9. The van der Waals surface area contributed by atoms with E-state index >= 15 is 0 Å². The molecule has 0 unspecified atom stereocenters. The van der Waals surface area contributed by atoms with Crippen molar-refractivity contribution in [3.05, 3.63) is 30.1 Å². The second kappa shape index (κ2) is 8.32. The maximum Gasteiger partial charge on any atom is 0.224 e. The van der Waals surface area contributed by atoms with Crippen molar-refractivity contribution in [1.29, 1.82) is 0 Å². The van der Waals surface area contributed by atoms with Crippen molar-refractivity contribution in [1.82, 2.24) is 9.80 Å². The zero-order valence-electron chi connectivity index (χ0n) is 14.5. The van der Waals surface area contributed by atoms with E-state index in [2.05, 4.69) is 0 Å². The molecule has 0 N–H and O–H groups in total. The van der Waals surface area contributed by atoms with Gasteiger partial charge in [-0.3, -0.25) is 9.59 Å². The summed E-state index contributed by atoms with van der Waals surface area (Å²) >= 11 is 0. The fraction of sp³-hybridized carbons (Fsp3) is 0.579. The van der Waals surface area contributed by atoms with Gasteiger partial charge in [-0.25, -0.2) is 4.39 Å². The molecule has 0 spiro atoms. The highest BCUT2D eigenvalue weighted by Crippen LogP contribution is 2.20. The van der Waals surface area contributed by atoms with Crippen molar-refractivity contribution in [2.24, 2.45) is 5.92 Å². The lowest BCUT2D eigenvalue weighted by molar-refractivity contribution is -0.134. The van der Waals surface area contributed by atoms with Gasteiger partial charge in [0.2, 0.25) is 11.8 Å². The van der Waals surface area contributed by atoms with E-state index in [1.807, 2.05) is 4.90 Å². The molecule has 5 nitrogen and oxygen atoms in total. The number of ether oxygens (including phenoxy) is 1. The Kier molecular flexibility index (Phi) is 5.89. The molecule has 3 rings (SSSR count). The summed E-state index contributed by atoms with van der Waals surface area (Å²) in [6, 6.07) is 6.00. The van der Waals surface area contributed by atoms with Crippen LogP contribution in [0.5, 0.6) is 5.75 Å². The first-order valence-corrected chi connectivity index (χ1v) is 9.06. The summed E-state index contributed by atoms with van der Waals surface area (Å²) in [6.45, 7) is 3.30. The minimum Gasteiger partial charge on any atom is -0.493 e. The first-order valence-electron chi connectivity index (χ1n) is 9.06. The third-order valence-electron chi connectivity index (χ3n) is 4.94. The van der Waals surface area contributed by atoms with E-state index in [1.54, 1.807) is 17.0 Å². The van der Waals surface area contributed by atoms with Gasteiger partial charge in [0.05, 0.1) is 6.61 Å². The highest BCUT2D eigenvalue weighted by molar-refractivity contribution is 5.80. The number of halogens is 1. The van der Waals surface area contributed by atoms with Gasteiger partial charge in [-0.15, -0.1) is 0 Å². The zero-order chi connectivity index (χ0) is 17.6. The second-order valence-electron chi connectivity index (χ2n) is 6.85. The van der Waals surface area contributed by atoms with Crippen LogP contribution in [0.1, 0.15) is 32.1 Å². The first-order chi connectivity index (χ1) is 12.1. The Bertz CT molecular complexity index is 605. The molecule has 2 aliphatic heterocycles. The highest BCUT2D eigenvalue weighted by Gasteiger charge is 2.26. The summed E-state index contributed by atoms with van der Waals surface area (Å²) in [5, 5.41) is 0. The van der Waals surface area contributed by atoms with E-state index in [-0.39, 0.29) is 23.5 Å². The largest absolute Gasteiger partial charge is 0.493 e. The van der Waals surface area contributed by atoms with Gasteiger partial charge in [0.25, 0.3) is 0 Å². The minimum absolute atomic E-state index is 0.117. The number of amides is 2. The molecule has 0 aromatic heterocycles. The van der Waals surface area contributed by atoms with E-state index in [0.717, 1.165) is 32.4 Å². The number of nitrogens with zero attached hydrogens (tertiary/aromatic N) is 2. The Labute approximate surface area is 147 Å². The lowest BCUT2D eigenvalue weighted by Crippen LogP contribution is -2.42. The summed E-state index contributed by atoms with van der Waals surface area (Å²) in [5.41, 5.74) is 0. The number of rotatable bonds is 6. The van der Waals surface area contributed by atoms with Crippen LogP contribution in [0.3, 0.4) is 0 Å². The summed E-state index contributed by atoms with van der Waals surface area (Å²) in [4.78, 5) is 27.7. The second-order valence-corrected chi connectivity index (χ2v) is 6.85. The van der Waals surface area contributed by atoms with Gasteiger partial charge in [0.1, 0.15) is 11.6 Å². The average molecular weight is 348 g/mol. The molecule has 0 aliphatic carbocycles. The molecule has 1 aromatic carbocycles. The molecule has 1 atom stereocenters. The van der Waals surface area contributed by atoms with Crippen LogP contribution in [-0.4, -0.2) is 54.4 Å². The van der Waals surface area contributed by atoms with Gasteiger partial charge in [0.15, 0.2) is 0 Å². The number of hydrogen-bond acceptors (Lipinski definition) is 3. The molecule has 2 fully saturated rings. The predicted molar refractivity (Wildman–Crippen MR) is 91.6 cm³/mol. The number of likely N-dealkylation sites (tertiary alicyclic amines) is 2. The molecule has 2 aliphatic rings. The van der Waals surface area contributed by atoms with E-state index in [0.29, 0.717) is 38.3 Å². The summed E-state index contributed by atoms with van der Waals surface area (Å²) in [6.07, 6.45) is 3.90. The summed E-state index contributed by atoms with van der Waals surface area (Å²) in [7, 11) is 0. The van der Waals surface area contributed by atoms with Crippen LogP contribution < -0.4 is 4.74 Å². The van der Waals surface area contributed by atoms with Crippen molar-refractivity contribution in [3.8, 4) is 5.75 Å². The zero-order valence-corrected chi connectivity index (χ0v) is 14.5. The normalized spacial score (nSPS) is 20.8. The standard InChI is InChI=1S/C19H25FN2O3/c20-16-5-7-17(8-6-16)25-14-15-3-1-11-22(13-15)19(24)9-12-21-10-2-4-18(21)23/h5-8,15H,1-4,9-14H2/t15-/m1/s1. The molecule has 2 heterocycles. The highest BCUT2D eigenvalue weighted by atomic mass is 19.1. The third kappa shape index (κ3) is 4.94. The number of piperidine rings is 1. The van der Waals surface area contributed by atoms with Gasteiger partial charge in [-0.05, 0) is 43.5 Å². The average Bonchev–Trinajstić information content (AvgIpc) is 3.04. The predicted octanol–water partition coefficient (Wildman–Crippen LogP) is 2.46. The maximum absolute atomic E-state index is 12.9. The van der Waals surface area contributed by atoms with Gasteiger partial charge in [0, 0.05) is 44.9 Å². The van der Waals surface area contributed by atoms with Crippen LogP contribution >= 0.6 is 0 Å². The molecule has 1 aromatic rings. The SMILES string of the molecule is O=C1CCCN1CCC(=O)N1CCC[C@@H](COc2ccc(F)cc2)C1. The first kappa shape index (κ1) is 17.7. The van der Waals surface area contributed by atoms with Crippen molar-refractivity contribution in [2.45, 2.75) is 32.1 Å². The summed E-state index contributed by atoms with van der Waals surface area (Å²) < 4.78 is 18.6. The van der Waals surface area contributed by atoms with Crippen LogP contribution in [0, 0.1) is 11.7 Å². The fourth-order valence-corrected chi connectivity index (χ4v) is 3.50.